The summed E-state index contributed by atoms with van der Waals surface area (Å²) < 4.78 is 5.38. The molecule has 1 aliphatic carbocycles. The molecule has 3 rings (SSSR count). The lowest BCUT2D eigenvalue weighted by Crippen LogP contribution is -2.26. The zero-order valence-electron chi connectivity index (χ0n) is 11.0. The van der Waals surface area contributed by atoms with Crippen molar-refractivity contribution in [2.45, 2.75) is 44.4 Å². The van der Waals surface area contributed by atoms with Gasteiger partial charge in [-0.15, -0.1) is 0 Å². The molecule has 0 bridgehead atoms. The van der Waals surface area contributed by atoms with Gasteiger partial charge < -0.3 is 15.4 Å². The maximum atomic E-state index is 12.0. The van der Waals surface area contributed by atoms with Gasteiger partial charge in [-0.05, 0) is 43.4 Å². The fourth-order valence-corrected chi connectivity index (χ4v) is 2.32. The lowest BCUT2D eigenvalue weighted by molar-refractivity contribution is -0.124. The van der Waals surface area contributed by atoms with Crippen molar-refractivity contribution >= 4 is 11.6 Å². The van der Waals surface area contributed by atoms with E-state index in [0.29, 0.717) is 12.6 Å². The summed E-state index contributed by atoms with van der Waals surface area (Å²) in [6.07, 6.45) is 4.11. The van der Waals surface area contributed by atoms with Gasteiger partial charge in [0, 0.05) is 24.9 Å². The first kappa shape index (κ1) is 12.6. The van der Waals surface area contributed by atoms with E-state index in [1.807, 2.05) is 18.2 Å². The van der Waals surface area contributed by atoms with Crippen LogP contribution in [0.4, 0.5) is 5.69 Å². The van der Waals surface area contributed by atoms with E-state index in [2.05, 4.69) is 16.7 Å². The van der Waals surface area contributed by atoms with Crippen molar-refractivity contribution in [1.29, 1.82) is 0 Å². The van der Waals surface area contributed by atoms with Crippen LogP contribution in [-0.2, 0) is 16.1 Å². The molecule has 1 unspecified atom stereocenters. The van der Waals surface area contributed by atoms with E-state index in [4.69, 9.17) is 4.74 Å². The van der Waals surface area contributed by atoms with Gasteiger partial charge in [-0.25, -0.2) is 0 Å². The van der Waals surface area contributed by atoms with E-state index in [-0.39, 0.29) is 12.0 Å². The number of rotatable bonds is 5. The normalized spacial score (nSPS) is 22.4. The summed E-state index contributed by atoms with van der Waals surface area (Å²) in [5, 5.41) is 6.41. The summed E-state index contributed by atoms with van der Waals surface area (Å²) in [6, 6.07) is 8.71. The van der Waals surface area contributed by atoms with Crippen molar-refractivity contribution in [3.63, 3.8) is 0 Å². The fourth-order valence-electron chi connectivity index (χ4n) is 2.32. The standard InChI is InChI=1S/C15H20N2O2/c18-15(14-5-2-8-19-14)17-13-4-1-3-11(9-13)10-16-12-6-7-12/h1,3-4,9,12,14,16H,2,5-8,10H2,(H,17,18). The summed E-state index contributed by atoms with van der Waals surface area (Å²) in [5.41, 5.74) is 2.06. The number of hydrogen-bond acceptors (Lipinski definition) is 3. The molecule has 1 atom stereocenters. The number of amides is 1. The van der Waals surface area contributed by atoms with E-state index >= 15 is 0 Å². The number of hydrogen-bond donors (Lipinski definition) is 2. The molecule has 102 valence electrons. The smallest absolute Gasteiger partial charge is 0.253 e. The number of benzene rings is 1. The van der Waals surface area contributed by atoms with Gasteiger partial charge >= 0.3 is 0 Å². The molecule has 4 heteroatoms. The lowest BCUT2D eigenvalue weighted by atomic mass is 10.2. The maximum Gasteiger partial charge on any atom is 0.253 e. The van der Waals surface area contributed by atoms with Crippen LogP contribution in [0.25, 0.3) is 0 Å². The number of anilines is 1. The van der Waals surface area contributed by atoms with Crippen molar-refractivity contribution in [2.24, 2.45) is 0 Å². The van der Waals surface area contributed by atoms with Crippen LogP contribution in [0.15, 0.2) is 24.3 Å². The molecule has 1 saturated carbocycles. The van der Waals surface area contributed by atoms with E-state index in [1.165, 1.54) is 18.4 Å². The molecular weight excluding hydrogens is 240 g/mol. The van der Waals surface area contributed by atoms with Crippen LogP contribution in [0, 0.1) is 0 Å². The van der Waals surface area contributed by atoms with Crippen LogP contribution >= 0.6 is 0 Å². The zero-order valence-corrected chi connectivity index (χ0v) is 11.0. The Balaban J connectivity index is 1.56. The number of ether oxygens (including phenoxy) is 1. The van der Waals surface area contributed by atoms with Gasteiger partial charge in [-0.3, -0.25) is 4.79 Å². The van der Waals surface area contributed by atoms with E-state index < -0.39 is 0 Å². The first-order valence-electron chi connectivity index (χ1n) is 7.06. The van der Waals surface area contributed by atoms with Gasteiger partial charge in [0.25, 0.3) is 5.91 Å². The Morgan fingerprint density at radius 1 is 1.32 bits per heavy atom. The molecule has 1 aliphatic heterocycles. The van der Waals surface area contributed by atoms with Crippen molar-refractivity contribution in [3.05, 3.63) is 29.8 Å². The van der Waals surface area contributed by atoms with Gasteiger partial charge in [-0.1, -0.05) is 12.1 Å². The average molecular weight is 260 g/mol. The molecule has 1 heterocycles. The van der Waals surface area contributed by atoms with Crippen LogP contribution in [0.5, 0.6) is 0 Å². The first-order chi connectivity index (χ1) is 9.31. The molecule has 2 N–H and O–H groups in total. The van der Waals surface area contributed by atoms with Crippen molar-refractivity contribution in [3.8, 4) is 0 Å². The Morgan fingerprint density at radius 2 is 2.21 bits per heavy atom. The van der Waals surface area contributed by atoms with Gasteiger partial charge in [0.05, 0.1) is 0 Å². The topological polar surface area (TPSA) is 50.4 Å². The molecule has 19 heavy (non-hydrogen) atoms. The second-order valence-corrected chi connectivity index (χ2v) is 5.35. The number of carbonyl (C=O) groups excluding carboxylic acids is 1. The Bertz CT molecular complexity index is 451. The molecule has 2 aliphatic rings. The summed E-state index contributed by atoms with van der Waals surface area (Å²) in [5.74, 6) is -0.0233. The fraction of sp³-hybridized carbons (Fsp3) is 0.533. The predicted octanol–water partition coefficient (Wildman–Crippen LogP) is 2.06. The second-order valence-electron chi connectivity index (χ2n) is 5.35. The van der Waals surface area contributed by atoms with E-state index in [0.717, 1.165) is 25.1 Å². The Morgan fingerprint density at radius 3 is 2.95 bits per heavy atom. The predicted molar refractivity (Wildman–Crippen MR) is 73.9 cm³/mol. The monoisotopic (exact) mass is 260 g/mol. The second kappa shape index (κ2) is 5.72. The van der Waals surface area contributed by atoms with Crippen molar-refractivity contribution < 1.29 is 9.53 Å². The summed E-state index contributed by atoms with van der Waals surface area (Å²) >= 11 is 0. The molecule has 4 nitrogen and oxygen atoms in total. The molecular formula is C15H20N2O2. The van der Waals surface area contributed by atoms with Gasteiger partial charge in [-0.2, -0.15) is 0 Å². The van der Waals surface area contributed by atoms with Crippen LogP contribution in [0.1, 0.15) is 31.2 Å². The largest absolute Gasteiger partial charge is 0.368 e. The Kier molecular flexibility index (Phi) is 3.80. The zero-order chi connectivity index (χ0) is 13.1. The third-order valence-electron chi connectivity index (χ3n) is 3.59. The molecule has 1 aromatic rings. The van der Waals surface area contributed by atoms with Crippen LogP contribution < -0.4 is 10.6 Å². The quantitative estimate of drug-likeness (QED) is 0.852. The molecule has 1 amide bonds. The maximum absolute atomic E-state index is 12.0. The van der Waals surface area contributed by atoms with Gasteiger partial charge in [0.15, 0.2) is 0 Å². The number of carbonyl (C=O) groups is 1. The van der Waals surface area contributed by atoms with Gasteiger partial charge in [0.2, 0.25) is 0 Å². The number of nitrogens with one attached hydrogen (secondary N) is 2. The van der Waals surface area contributed by atoms with Gasteiger partial charge in [0.1, 0.15) is 6.10 Å². The third-order valence-corrected chi connectivity index (χ3v) is 3.59. The molecule has 1 aromatic carbocycles. The van der Waals surface area contributed by atoms with Crippen LogP contribution in [0.3, 0.4) is 0 Å². The SMILES string of the molecule is O=C(Nc1cccc(CNC2CC2)c1)C1CCCO1. The summed E-state index contributed by atoms with van der Waals surface area (Å²) in [4.78, 5) is 12.0. The Labute approximate surface area is 113 Å². The average Bonchev–Trinajstić information content (AvgIpc) is 3.08. The molecule has 0 spiro atoms. The van der Waals surface area contributed by atoms with Crippen molar-refractivity contribution in [1.82, 2.24) is 5.32 Å². The Hall–Kier alpha value is -1.39. The lowest BCUT2D eigenvalue weighted by Gasteiger charge is -2.11. The molecule has 0 radical (unpaired) electrons. The van der Waals surface area contributed by atoms with Crippen LogP contribution in [0.2, 0.25) is 0 Å². The third kappa shape index (κ3) is 3.55. The highest BCUT2D eigenvalue weighted by atomic mass is 16.5. The molecule has 1 saturated heterocycles. The molecule has 2 fully saturated rings. The molecule has 0 aromatic heterocycles. The summed E-state index contributed by atoms with van der Waals surface area (Å²) in [6.45, 7) is 1.57. The minimum Gasteiger partial charge on any atom is -0.368 e. The highest BCUT2D eigenvalue weighted by Crippen LogP contribution is 2.20. The van der Waals surface area contributed by atoms with E-state index in [9.17, 15) is 4.79 Å². The first-order valence-corrected chi connectivity index (χ1v) is 7.06. The minimum atomic E-state index is -0.270. The van der Waals surface area contributed by atoms with Crippen molar-refractivity contribution in [2.75, 3.05) is 11.9 Å². The highest BCUT2D eigenvalue weighted by Gasteiger charge is 2.23. The van der Waals surface area contributed by atoms with E-state index in [1.54, 1.807) is 0 Å². The minimum absolute atomic E-state index is 0.0233. The van der Waals surface area contributed by atoms with Crippen LogP contribution in [-0.4, -0.2) is 24.7 Å². The summed E-state index contributed by atoms with van der Waals surface area (Å²) in [7, 11) is 0. The highest BCUT2D eigenvalue weighted by molar-refractivity contribution is 5.94.